The first-order chi connectivity index (χ1) is 17.4. The summed E-state index contributed by atoms with van der Waals surface area (Å²) in [5, 5.41) is 40.8. The first-order valence-electron chi connectivity index (χ1n) is 11.7. The zero-order valence-corrected chi connectivity index (χ0v) is 19.9. The molecule has 2 atom stereocenters. The van der Waals surface area contributed by atoms with E-state index in [2.05, 4.69) is 15.5 Å². The van der Waals surface area contributed by atoms with Crippen molar-refractivity contribution in [2.24, 2.45) is 5.41 Å². The Balaban J connectivity index is 1.37. The fourth-order valence-corrected chi connectivity index (χ4v) is 5.72. The minimum atomic E-state index is -3.80. The van der Waals surface area contributed by atoms with Crippen molar-refractivity contribution in [3.8, 4) is 5.75 Å². The molecule has 198 valence electrons. The Morgan fingerprint density at radius 3 is 2.30 bits per heavy atom. The molecule has 0 saturated heterocycles. The summed E-state index contributed by atoms with van der Waals surface area (Å²) in [7, 11) is 0. The molecule has 2 bridgehead atoms. The Kier molecular flexibility index (Phi) is 5.85. The van der Waals surface area contributed by atoms with E-state index in [0.717, 1.165) is 28.7 Å². The lowest BCUT2D eigenvalue weighted by Crippen LogP contribution is -2.76. The summed E-state index contributed by atoms with van der Waals surface area (Å²) < 4.78 is 67.1. The van der Waals surface area contributed by atoms with Gasteiger partial charge in [0.1, 0.15) is 35.9 Å². The molecule has 3 aromatic rings. The molecule has 3 aliphatic rings. The van der Waals surface area contributed by atoms with Gasteiger partial charge in [0, 0.05) is 17.0 Å². The van der Waals surface area contributed by atoms with Gasteiger partial charge in [-0.15, -0.1) is 5.10 Å². The van der Waals surface area contributed by atoms with Crippen molar-refractivity contribution in [3.63, 3.8) is 0 Å². The van der Waals surface area contributed by atoms with Gasteiger partial charge in [0.2, 0.25) is 0 Å². The Morgan fingerprint density at radius 2 is 1.73 bits per heavy atom. The monoisotopic (exact) mass is 522 g/mol. The Hall–Kier alpha value is -3.09. The molecule has 2 aromatic carbocycles. The number of aliphatic hydroxyl groups excluding tert-OH is 1. The van der Waals surface area contributed by atoms with Crippen LogP contribution >= 0.6 is 0 Å². The number of hydrogen-bond acceptors (Lipinski definition) is 7. The number of aromatic nitrogens is 4. The summed E-state index contributed by atoms with van der Waals surface area (Å²) in [5.74, 6) is -5.59. The van der Waals surface area contributed by atoms with Gasteiger partial charge < -0.3 is 20.1 Å². The minimum Gasteiger partial charge on any atom is -0.491 e. The maximum atomic E-state index is 16.2. The number of nitrogens with zero attached hydrogens (tertiary/aromatic N) is 4. The van der Waals surface area contributed by atoms with Crippen molar-refractivity contribution in [3.05, 3.63) is 71.6 Å². The van der Waals surface area contributed by atoms with Crippen molar-refractivity contribution in [2.45, 2.75) is 55.3 Å². The van der Waals surface area contributed by atoms with Crippen LogP contribution in [0.15, 0.2) is 48.8 Å². The second-order valence-corrected chi connectivity index (χ2v) is 10.6. The van der Waals surface area contributed by atoms with E-state index in [1.54, 1.807) is 24.3 Å². The SMILES string of the molecule is CC(O)(CO)COc1ccc(C23CC(C(F)(F)C(O)(Cn4cnnn4)c4ccc(F)cc4F)(C2)C3)cc1. The van der Waals surface area contributed by atoms with Crippen LogP contribution in [0, 0.1) is 17.0 Å². The van der Waals surface area contributed by atoms with E-state index in [1.165, 1.54) is 6.92 Å². The molecule has 37 heavy (non-hydrogen) atoms. The van der Waals surface area contributed by atoms with Crippen LogP contribution in [-0.2, 0) is 17.6 Å². The summed E-state index contributed by atoms with van der Waals surface area (Å²) in [6.07, 6.45) is 1.23. The number of benzene rings is 2. The number of aliphatic hydroxyl groups is 3. The van der Waals surface area contributed by atoms with Gasteiger partial charge in [-0.3, -0.25) is 0 Å². The van der Waals surface area contributed by atoms with Crippen LogP contribution in [0.1, 0.15) is 37.3 Å². The van der Waals surface area contributed by atoms with Gasteiger partial charge >= 0.3 is 0 Å². The van der Waals surface area contributed by atoms with Gasteiger partial charge in [0.25, 0.3) is 5.92 Å². The summed E-state index contributed by atoms with van der Waals surface area (Å²) in [5.41, 5.74) is -6.44. The molecule has 0 radical (unpaired) electrons. The third-order valence-corrected chi connectivity index (χ3v) is 7.73. The molecule has 0 spiro atoms. The largest absolute Gasteiger partial charge is 0.491 e. The molecular formula is C25H26F4N4O4. The van der Waals surface area contributed by atoms with Gasteiger partial charge in [0.15, 0.2) is 5.60 Å². The van der Waals surface area contributed by atoms with Gasteiger partial charge in [-0.2, -0.15) is 0 Å². The van der Waals surface area contributed by atoms with E-state index in [-0.39, 0.29) is 25.9 Å². The maximum Gasteiger partial charge on any atom is 0.287 e. The lowest BCUT2D eigenvalue weighted by atomic mass is 9.30. The Morgan fingerprint density at radius 1 is 1.05 bits per heavy atom. The quantitative estimate of drug-likeness (QED) is 0.351. The second-order valence-electron chi connectivity index (χ2n) is 10.6. The molecule has 8 nitrogen and oxygen atoms in total. The second kappa shape index (κ2) is 8.47. The molecule has 1 heterocycles. The van der Waals surface area contributed by atoms with Crippen molar-refractivity contribution < 1.29 is 37.6 Å². The number of ether oxygens (including phenoxy) is 1. The molecular weight excluding hydrogens is 496 g/mol. The average Bonchev–Trinajstić information content (AvgIpc) is 3.29. The highest BCUT2D eigenvalue weighted by Gasteiger charge is 2.82. The normalized spacial score (nSPS) is 25.9. The third-order valence-electron chi connectivity index (χ3n) is 7.73. The van der Waals surface area contributed by atoms with Crippen LogP contribution in [0.25, 0.3) is 0 Å². The van der Waals surface area contributed by atoms with Crippen LogP contribution in [0.3, 0.4) is 0 Å². The molecule has 3 saturated carbocycles. The number of halogens is 4. The van der Waals surface area contributed by atoms with E-state index < -0.39 is 58.3 Å². The van der Waals surface area contributed by atoms with Crippen molar-refractivity contribution in [1.29, 1.82) is 0 Å². The van der Waals surface area contributed by atoms with Gasteiger partial charge in [-0.25, -0.2) is 22.2 Å². The van der Waals surface area contributed by atoms with Crippen LogP contribution in [0.2, 0.25) is 0 Å². The predicted molar refractivity (Wildman–Crippen MR) is 121 cm³/mol. The van der Waals surface area contributed by atoms with E-state index >= 15 is 8.78 Å². The molecule has 12 heteroatoms. The lowest BCUT2D eigenvalue weighted by Gasteiger charge is -2.74. The molecule has 3 fully saturated rings. The fraction of sp³-hybridized carbons (Fsp3) is 0.480. The standard InChI is InChI=1S/C25H26F4N4O4/c1-21(35,13-34)14-37-18-5-2-16(3-6-18)22-9-23(10-22,11-22)25(28,29)24(36,12-33-15-30-31-32-33)19-7-4-17(26)8-20(19)27/h2-8,15,34-36H,9-14H2,1H3. The number of rotatable bonds is 10. The smallest absolute Gasteiger partial charge is 0.287 e. The van der Waals surface area contributed by atoms with Crippen LogP contribution in [-0.4, -0.2) is 60.3 Å². The minimum absolute atomic E-state index is 0.0627. The topological polar surface area (TPSA) is 114 Å². The molecule has 1 aromatic heterocycles. The zero-order chi connectivity index (χ0) is 26.7. The van der Waals surface area contributed by atoms with E-state index in [0.29, 0.717) is 11.8 Å². The molecule has 0 aliphatic heterocycles. The summed E-state index contributed by atoms with van der Waals surface area (Å²) >= 11 is 0. The van der Waals surface area contributed by atoms with Crippen LogP contribution < -0.4 is 4.74 Å². The molecule has 0 amide bonds. The van der Waals surface area contributed by atoms with Gasteiger partial charge in [-0.1, -0.05) is 12.1 Å². The van der Waals surface area contributed by atoms with Crippen LogP contribution in [0.5, 0.6) is 5.75 Å². The number of hydrogen-bond donors (Lipinski definition) is 3. The predicted octanol–water partition coefficient (Wildman–Crippen LogP) is 2.72. The zero-order valence-electron chi connectivity index (χ0n) is 19.9. The molecule has 6 rings (SSSR count). The van der Waals surface area contributed by atoms with Crippen LogP contribution in [0.4, 0.5) is 17.6 Å². The highest BCUT2D eigenvalue weighted by Crippen LogP contribution is 2.80. The summed E-state index contributed by atoms with van der Waals surface area (Å²) in [4.78, 5) is 0. The van der Waals surface area contributed by atoms with Crippen molar-refractivity contribution in [1.82, 2.24) is 20.2 Å². The summed E-state index contributed by atoms with van der Waals surface area (Å²) in [6, 6.07) is 8.96. The molecule has 3 N–H and O–H groups in total. The van der Waals surface area contributed by atoms with E-state index in [9.17, 15) is 19.0 Å². The maximum absolute atomic E-state index is 16.2. The molecule has 2 unspecified atom stereocenters. The van der Waals surface area contributed by atoms with Crippen molar-refractivity contribution >= 4 is 0 Å². The van der Waals surface area contributed by atoms with Gasteiger partial charge in [0.05, 0.1) is 13.2 Å². The first-order valence-corrected chi connectivity index (χ1v) is 11.7. The van der Waals surface area contributed by atoms with E-state index in [1.807, 2.05) is 0 Å². The highest BCUT2D eigenvalue weighted by atomic mass is 19.3. The molecule has 3 aliphatic carbocycles. The van der Waals surface area contributed by atoms with Crippen molar-refractivity contribution in [2.75, 3.05) is 13.2 Å². The lowest BCUT2D eigenvalue weighted by molar-refractivity contribution is -0.347. The third kappa shape index (κ3) is 3.98. The number of alkyl halides is 2. The number of tetrazole rings is 1. The Bertz CT molecular complexity index is 1270. The van der Waals surface area contributed by atoms with E-state index in [4.69, 9.17) is 9.84 Å². The van der Waals surface area contributed by atoms with Gasteiger partial charge in [-0.05, 0) is 71.9 Å². The fourth-order valence-electron chi connectivity index (χ4n) is 5.72. The summed E-state index contributed by atoms with van der Waals surface area (Å²) in [6.45, 7) is 0.0182. The average molecular weight is 522 g/mol. The highest BCUT2D eigenvalue weighted by molar-refractivity contribution is 5.44. The Labute approximate surface area is 209 Å². The first kappa shape index (κ1) is 25.6.